The molecule has 1 heterocycles. The number of benzene rings is 3. The molecule has 6 heteroatoms. The van der Waals surface area contributed by atoms with Crippen molar-refractivity contribution in [1.29, 1.82) is 0 Å². The van der Waals surface area contributed by atoms with Crippen LogP contribution >= 0.6 is 0 Å². The molecule has 3 aromatic carbocycles. The van der Waals surface area contributed by atoms with E-state index in [1.54, 1.807) is 6.07 Å². The molecule has 1 aromatic heterocycles. The van der Waals surface area contributed by atoms with E-state index in [1.165, 1.54) is 15.9 Å². The molecule has 0 bridgehead atoms. The standard InChI is InChI=1S/C24H25N3O3/c28-21(18-30-27-23-14-8-7-13-22(23)25-24(27)29)17-26(15-19-9-3-1-4-10-19)16-20-11-5-2-6-12-20/h1-14,21,28H,15-18H2,(H,25,29). The van der Waals surface area contributed by atoms with Crippen molar-refractivity contribution in [3.8, 4) is 0 Å². The Labute approximate surface area is 174 Å². The van der Waals surface area contributed by atoms with Gasteiger partial charge in [-0.15, -0.1) is 4.73 Å². The molecule has 2 N–H and O–H groups in total. The molecule has 4 aromatic rings. The third-order valence-corrected chi connectivity index (χ3v) is 4.91. The van der Waals surface area contributed by atoms with Crippen LogP contribution in [0.3, 0.4) is 0 Å². The van der Waals surface area contributed by atoms with Crippen LogP contribution in [-0.2, 0) is 13.1 Å². The van der Waals surface area contributed by atoms with Gasteiger partial charge in [-0.25, -0.2) is 4.79 Å². The maximum Gasteiger partial charge on any atom is 0.359 e. The largest absolute Gasteiger partial charge is 0.406 e. The van der Waals surface area contributed by atoms with Gasteiger partial charge in [-0.1, -0.05) is 72.8 Å². The van der Waals surface area contributed by atoms with Crippen molar-refractivity contribution in [2.24, 2.45) is 0 Å². The first-order chi connectivity index (χ1) is 14.7. The predicted octanol–water partition coefficient (Wildman–Crippen LogP) is 2.82. The number of aliphatic hydroxyl groups excluding tert-OH is 1. The van der Waals surface area contributed by atoms with Gasteiger partial charge in [0.1, 0.15) is 18.2 Å². The summed E-state index contributed by atoms with van der Waals surface area (Å²) < 4.78 is 1.21. The molecule has 6 nitrogen and oxygen atoms in total. The number of para-hydroxylation sites is 2. The Kier molecular flexibility index (Phi) is 6.27. The van der Waals surface area contributed by atoms with Gasteiger partial charge in [0, 0.05) is 19.6 Å². The topological polar surface area (TPSA) is 70.5 Å². The molecule has 0 amide bonds. The van der Waals surface area contributed by atoms with Crippen LogP contribution in [0.4, 0.5) is 0 Å². The fourth-order valence-electron chi connectivity index (χ4n) is 3.54. The van der Waals surface area contributed by atoms with Crippen LogP contribution < -0.4 is 10.5 Å². The number of hydrogen-bond acceptors (Lipinski definition) is 4. The summed E-state index contributed by atoms with van der Waals surface area (Å²) in [5.74, 6) is 0. The number of aliphatic hydroxyl groups is 1. The van der Waals surface area contributed by atoms with E-state index in [1.807, 2.05) is 54.6 Å². The van der Waals surface area contributed by atoms with Gasteiger partial charge in [-0.05, 0) is 23.3 Å². The number of aromatic nitrogens is 2. The van der Waals surface area contributed by atoms with Crippen molar-refractivity contribution >= 4 is 11.0 Å². The van der Waals surface area contributed by atoms with Gasteiger partial charge in [0.05, 0.1) is 5.52 Å². The second-order valence-electron chi connectivity index (χ2n) is 7.33. The number of hydrogen-bond donors (Lipinski definition) is 2. The Morgan fingerprint density at radius 2 is 1.43 bits per heavy atom. The fourth-order valence-corrected chi connectivity index (χ4v) is 3.54. The molecule has 0 radical (unpaired) electrons. The highest BCUT2D eigenvalue weighted by Gasteiger charge is 2.15. The van der Waals surface area contributed by atoms with Crippen molar-refractivity contribution in [3.05, 3.63) is 107 Å². The van der Waals surface area contributed by atoms with Gasteiger partial charge >= 0.3 is 5.69 Å². The van der Waals surface area contributed by atoms with Gasteiger partial charge in [0.25, 0.3) is 0 Å². The highest BCUT2D eigenvalue weighted by molar-refractivity contribution is 5.74. The number of nitrogens with zero attached hydrogens (tertiary/aromatic N) is 2. The van der Waals surface area contributed by atoms with Crippen molar-refractivity contribution in [1.82, 2.24) is 14.6 Å². The van der Waals surface area contributed by atoms with E-state index < -0.39 is 6.10 Å². The van der Waals surface area contributed by atoms with Crippen molar-refractivity contribution in [2.75, 3.05) is 13.2 Å². The summed E-state index contributed by atoms with van der Waals surface area (Å²) >= 11 is 0. The van der Waals surface area contributed by atoms with E-state index in [0.29, 0.717) is 30.7 Å². The summed E-state index contributed by atoms with van der Waals surface area (Å²) in [6, 6.07) is 27.6. The monoisotopic (exact) mass is 403 g/mol. The minimum Gasteiger partial charge on any atom is -0.406 e. The number of aromatic amines is 1. The van der Waals surface area contributed by atoms with Crippen LogP contribution in [0.1, 0.15) is 11.1 Å². The van der Waals surface area contributed by atoms with E-state index in [9.17, 15) is 9.90 Å². The normalized spacial score (nSPS) is 12.3. The molecular formula is C24H25N3O3. The third-order valence-electron chi connectivity index (χ3n) is 4.91. The predicted molar refractivity (Wildman–Crippen MR) is 117 cm³/mol. The quantitative estimate of drug-likeness (QED) is 0.451. The van der Waals surface area contributed by atoms with Gasteiger partial charge < -0.3 is 14.9 Å². The molecular weight excluding hydrogens is 378 g/mol. The van der Waals surface area contributed by atoms with Gasteiger partial charge in [0.15, 0.2) is 0 Å². The maximum absolute atomic E-state index is 12.1. The Bertz CT molecular complexity index is 1080. The first kappa shape index (κ1) is 19.9. The lowest BCUT2D eigenvalue weighted by molar-refractivity contribution is 0.00712. The molecule has 1 unspecified atom stereocenters. The summed E-state index contributed by atoms with van der Waals surface area (Å²) in [5, 5.41) is 10.6. The summed E-state index contributed by atoms with van der Waals surface area (Å²) in [6.45, 7) is 1.85. The molecule has 0 aliphatic rings. The summed E-state index contributed by atoms with van der Waals surface area (Å²) in [4.78, 5) is 22.7. The number of rotatable bonds is 9. The van der Waals surface area contributed by atoms with Gasteiger partial charge in [-0.3, -0.25) is 4.90 Å². The number of nitrogens with one attached hydrogen (secondary N) is 1. The van der Waals surface area contributed by atoms with Crippen LogP contribution in [0.5, 0.6) is 0 Å². The zero-order valence-corrected chi connectivity index (χ0v) is 16.6. The Morgan fingerprint density at radius 1 is 0.867 bits per heavy atom. The molecule has 0 saturated heterocycles. The lowest BCUT2D eigenvalue weighted by atomic mass is 10.1. The minimum absolute atomic E-state index is 0.0157. The number of fused-ring (bicyclic) bond motifs is 1. The molecule has 0 saturated carbocycles. The molecule has 0 spiro atoms. The highest BCUT2D eigenvalue weighted by Crippen LogP contribution is 2.11. The van der Waals surface area contributed by atoms with E-state index in [0.717, 1.165) is 0 Å². The molecule has 30 heavy (non-hydrogen) atoms. The molecule has 0 aliphatic carbocycles. The number of imidazole rings is 1. The summed E-state index contributed by atoms with van der Waals surface area (Å²) in [5.41, 5.74) is 3.35. The van der Waals surface area contributed by atoms with Crippen molar-refractivity contribution < 1.29 is 9.94 Å². The molecule has 0 aliphatic heterocycles. The zero-order valence-electron chi connectivity index (χ0n) is 16.6. The first-order valence-corrected chi connectivity index (χ1v) is 10.0. The highest BCUT2D eigenvalue weighted by atomic mass is 16.7. The molecule has 1 atom stereocenters. The first-order valence-electron chi connectivity index (χ1n) is 10.0. The Hall–Kier alpha value is -3.35. The van der Waals surface area contributed by atoms with Crippen LogP contribution in [0, 0.1) is 0 Å². The van der Waals surface area contributed by atoms with E-state index in [-0.39, 0.29) is 12.3 Å². The molecule has 0 fully saturated rings. The van der Waals surface area contributed by atoms with E-state index in [2.05, 4.69) is 34.1 Å². The molecule has 4 rings (SSSR count). The van der Waals surface area contributed by atoms with Crippen LogP contribution in [0.15, 0.2) is 89.7 Å². The third kappa shape index (κ3) is 4.97. The lowest BCUT2D eigenvalue weighted by Gasteiger charge is -2.25. The Morgan fingerprint density at radius 3 is 2.07 bits per heavy atom. The van der Waals surface area contributed by atoms with E-state index >= 15 is 0 Å². The van der Waals surface area contributed by atoms with Crippen LogP contribution in [-0.4, -0.2) is 39.0 Å². The summed E-state index contributed by atoms with van der Waals surface area (Å²) in [6.07, 6.45) is -0.752. The van der Waals surface area contributed by atoms with Crippen LogP contribution in [0.25, 0.3) is 11.0 Å². The average Bonchev–Trinajstić information content (AvgIpc) is 3.08. The summed E-state index contributed by atoms with van der Waals surface area (Å²) in [7, 11) is 0. The van der Waals surface area contributed by atoms with Gasteiger partial charge in [-0.2, -0.15) is 0 Å². The lowest BCUT2D eigenvalue weighted by Crippen LogP contribution is -2.38. The van der Waals surface area contributed by atoms with Gasteiger partial charge in [0.2, 0.25) is 0 Å². The smallest absolute Gasteiger partial charge is 0.359 e. The average molecular weight is 403 g/mol. The number of H-pyrrole nitrogens is 1. The Balaban J connectivity index is 1.43. The fraction of sp³-hybridized carbons (Fsp3) is 0.208. The maximum atomic E-state index is 12.1. The molecule has 154 valence electrons. The SMILES string of the molecule is O=c1[nH]c2ccccc2n1OCC(O)CN(Cc1ccccc1)Cc1ccccc1. The zero-order chi connectivity index (χ0) is 20.8. The van der Waals surface area contributed by atoms with E-state index in [4.69, 9.17) is 4.84 Å². The minimum atomic E-state index is -0.752. The second-order valence-corrected chi connectivity index (χ2v) is 7.33. The van der Waals surface area contributed by atoms with Crippen LogP contribution in [0.2, 0.25) is 0 Å². The van der Waals surface area contributed by atoms with Crippen molar-refractivity contribution in [2.45, 2.75) is 19.2 Å². The second kappa shape index (κ2) is 9.43. The van der Waals surface area contributed by atoms with Crippen molar-refractivity contribution in [3.63, 3.8) is 0 Å².